The van der Waals surface area contributed by atoms with E-state index >= 15 is 0 Å². The second-order valence-electron chi connectivity index (χ2n) is 3.21. The van der Waals surface area contributed by atoms with Crippen LogP contribution in [0.3, 0.4) is 0 Å². The average molecular weight is 216 g/mol. The van der Waals surface area contributed by atoms with Crippen LogP contribution >= 0.6 is 9.39 Å². The molecule has 14 heavy (non-hydrogen) atoms. The molecular formula is C10H21N2OP. The van der Waals surface area contributed by atoms with E-state index in [2.05, 4.69) is 26.4 Å². The van der Waals surface area contributed by atoms with Crippen LogP contribution in [0.2, 0.25) is 0 Å². The van der Waals surface area contributed by atoms with Crippen molar-refractivity contribution in [2.75, 3.05) is 6.54 Å². The molecule has 0 rings (SSSR count). The van der Waals surface area contributed by atoms with E-state index in [1.165, 1.54) is 0 Å². The van der Waals surface area contributed by atoms with Crippen LogP contribution in [0, 0.1) is 0 Å². The number of carbonyl (C=O) groups excluding carboxylic acids is 1. The molecule has 0 saturated carbocycles. The molecule has 0 radical (unpaired) electrons. The molecule has 0 aromatic heterocycles. The van der Waals surface area contributed by atoms with Gasteiger partial charge in [-0.1, -0.05) is 22.4 Å². The largest absolute Gasteiger partial charge is 0.356 e. The molecule has 1 amide bonds. The number of hydrogen-bond donors (Lipinski definition) is 2. The molecule has 0 fully saturated rings. The van der Waals surface area contributed by atoms with E-state index in [4.69, 9.17) is 0 Å². The van der Waals surface area contributed by atoms with Crippen LogP contribution in [-0.2, 0) is 4.79 Å². The van der Waals surface area contributed by atoms with Gasteiger partial charge in [-0.25, -0.2) is 0 Å². The molecule has 0 bridgehead atoms. The van der Waals surface area contributed by atoms with Crippen LogP contribution in [0.5, 0.6) is 0 Å². The Morgan fingerprint density at radius 1 is 1.57 bits per heavy atom. The van der Waals surface area contributed by atoms with Gasteiger partial charge in [0.25, 0.3) is 0 Å². The van der Waals surface area contributed by atoms with Gasteiger partial charge in [0.1, 0.15) is 0 Å². The van der Waals surface area contributed by atoms with E-state index in [-0.39, 0.29) is 5.91 Å². The van der Waals surface area contributed by atoms with Crippen molar-refractivity contribution in [2.24, 2.45) is 0 Å². The minimum atomic E-state index is 0.134. The van der Waals surface area contributed by atoms with E-state index in [1.807, 2.05) is 13.0 Å². The third-order valence-corrected chi connectivity index (χ3v) is 2.51. The third kappa shape index (κ3) is 7.05. The fourth-order valence-corrected chi connectivity index (χ4v) is 1.41. The lowest BCUT2D eigenvalue weighted by Gasteiger charge is -2.10. The number of unbranched alkanes of at least 4 members (excludes halogenated alkanes) is 1. The summed E-state index contributed by atoms with van der Waals surface area (Å²) >= 11 is 0. The first-order valence-electron chi connectivity index (χ1n) is 5.10. The molecule has 82 valence electrons. The zero-order valence-electron chi connectivity index (χ0n) is 8.88. The second kappa shape index (κ2) is 9.17. The molecule has 3 nitrogen and oxygen atoms in total. The lowest BCUT2D eigenvalue weighted by Crippen LogP contribution is -2.23. The molecule has 0 aromatic rings. The first-order valence-corrected chi connectivity index (χ1v) is 5.67. The summed E-state index contributed by atoms with van der Waals surface area (Å²) in [6.07, 6.45) is 5.67. The second-order valence-corrected chi connectivity index (χ2v) is 3.54. The van der Waals surface area contributed by atoms with Crippen molar-refractivity contribution >= 4 is 15.3 Å². The van der Waals surface area contributed by atoms with Gasteiger partial charge in [0.2, 0.25) is 5.91 Å². The lowest BCUT2D eigenvalue weighted by molar-refractivity contribution is -0.120. The van der Waals surface area contributed by atoms with E-state index in [0.29, 0.717) is 12.5 Å². The highest BCUT2D eigenvalue weighted by Gasteiger charge is 2.00. The Kier molecular flexibility index (Phi) is 8.90. The Hall–Kier alpha value is -0.400. The highest BCUT2D eigenvalue weighted by Crippen LogP contribution is 2.02. The minimum absolute atomic E-state index is 0.134. The third-order valence-electron chi connectivity index (χ3n) is 2.08. The number of rotatable bonds is 8. The molecule has 0 saturated heterocycles. The van der Waals surface area contributed by atoms with Crippen LogP contribution in [-0.4, -0.2) is 18.5 Å². The quantitative estimate of drug-likeness (QED) is 0.368. The Labute approximate surface area is 89.0 Å². The predicted molar refractivity (Wildman–Crippen MR) is 64.0 cm³/mol. The van der Waals surface area contributed by atoms with E-state index < -0.39 is 0 Å². The molecule has 0 aliphatic carbocycles. The summed E-state index contributed by atoms with van der Waals surface area (Å²) in [5.41, 5.74) is 0. The fraction of sp³-hybridized carbons (Fsp3) is 0.700. The van der Waals surface area contributed by atoms with E-state index in [9.17, 15) is 4.79 Å². The molecule has 2 atom stereocenters. The summed E-state index contributed by atoms with van der Waals surface area (Å²) in [6, 6.07) is 0.363. The Morgan fingerprint density at radius 2 is 2.29 bits per heavy atom. The predicted octanol–water partition coefficient (Wildman–Crippen LogP) is 1.62. The molecule has 0 aliphatic heterocycles. The van der Waals surface area contributed by atoms with Gasteiger partial charge in [0.15, 0.2) is 0 Å². The van der Waals surface area contributed by atoms with Crippen molar-refractivity contribution < 1.29 is 4.79 Å². The zero-order valence-corrected chi connectivity index (χ0v) is 10.0. The van der Waals surface area contributed by atoms with Gasteiger partial charge in [-0.15, -0.1) is 6.58 Å². The lowest BCUT2D eigenvalue weighted by atomic mass is 10.1. The summed E-state index contributed by atoms with van der Waals surface area (Å²) in [4.78, 5) is 10.9. The van der Waals surface area contributed by atoms with Crippen LogP contribution in [0.25, 0.3) is 0 Å². The smallest absolute Gasteiger partial charge is 0.219 e. The Bertz CT molecular complexity index is 174. The summed E-state index contributed by atoms with van der Waals surface area (Å²) in [7, 11) is 2.49. The molecule has 0 spiro atoms. The standard InChI is InChI=1S/C10H21N2OP/c1-3-9(12-14)7-5-6-8-11-10(13)4-2/h3,9,12H,1,4-8,14H2,2H3,(H,11,13). The summed E-state index contributed by atoms with van der Waals surface area (Å²) in [5.74, 6) is 0.134. The van der Waals surface area contributed by atoms with Crippen molar-refractivity contribution in [3.63, 3.8) is 0 Å². The maximum atomic E-state index is 10.9. The molecule has 0 heterocycles. The fourth-order valence-electron chi connectivity index (χ4n) is 1.11. The van der Waals surface area contributed by atoms with Gasteiger partial charge in [0, 0.05) is 19.0 Å². The molecule has 0 aromatic carbocycles. The van der Waals surface area contributed by atoms with Gasteiger partial charge >= 0.3 is 0 Å². The van der Waals surface area contributed by atoms with Gasteiger partial charge in [0.05, 0.1) is 0 Å². The van der Waals surface area contributed by atoms with Crippen molar-refractivity contribution in [3.8, 4) is 0 Å². The number of amides is 1. The van der Waals surface area contributed by atoms with Crippen LogP contribution in [0.1, 0.15) is 32.6 Å². The van der Waals surface area contributed by atoms with Crippen LogP contribution < -0.4 is 10.4 Å². The Balaban J connectivity index is 3.28. The van der Waals surface area contributed by atoms with Gasteiger partial charge < -0.3 is 5.32 Å². The van der Waals surface area contributed by atoms with Gasteiger partial charge in [-0.2, -0.15) is 0 Å². The monoisotopic (exact) mass is 216 g/mol. The molecular weight excluding hydrogens is 195 g/mol. The van der Waals surface area contributed by atoms with E-state index in [1.54, 1.807) is 0 Å². The summed E-state index contributed by atoms with van der Waals surface area (Å²) < 4.78 is 0. The van der Waals surface area contributed by atoms with Crippen LogP contribution in [0.4, 0.5) is 0 Å². The van der Waals surface area contributed by atoms with Crippen molar-refractivity contribution in [1.29, 1.82) is 0 Å². The molecule has 2 N–H and O–H groups in total. The van der Waals surface area contributed by atoms with E-state index in [0.717, 1.165) is 25.8 Å². The van der Waals surface area contributed by atoms with Crippen molar-refractivity contribution in [1.82, 2.24) is 10.4 Å². The highest BCUT2D eigenvalue weighted by molar-refractivity contribution is 7.13. The first-order chi connectivity index (χ1) is 6.74. The maximum Gasteiger partial charge on any atom is 0.219 e. The number of nitrogens with one attached hydrogen (secondary N) is 2. The highest BCUT2D eigenvalue weighted by atomic mass is 31.0. The Morgan fingerprint density at radius 3 is 2.79 bits per heavy atom. The van der Waals surface area contributed by atoms with Crippen molar-refractivity contribution in [3.05, 3.63) is 12.7 Å². The number of hydrogen-bond acceptors (Lipinski definition) is 2. The SMILES string of the molecule is C=CC(CCCCNC(=O)CC)NP. The molecule has 4 heteroatoms. The normalized spacial score (nSPS) is 12.1. The number of carbonyl (C=O) groups is 1. The topological polar surface area (TPSA) is 41.1 Å². The van der Waals surface area contributed by atoms with Gasteiger partial charge in [-0.3, -0.25) is 9.88 Å². The van der Waals surface area contributed by atoms with Crippen molar-refractivity contribution in [2.45, 2.75) is 38.6 Å². The minimum Gasteiger partial charge on any atom is -0.356 e. The molecule has 0 aliphatic rings. The zero-order chi connectivity index (χ0) is 10.8. The first kappa shape index (κ1) is 13.6. The average Bonchev–Trinajstić information content (AvgIpc) is 2.23. The maximum absolute atomic E-state index is 10.9. The summed E-state index contributed by atoms with van der Waals surface area (Å²) in [6.45, 7) is 6.37. The summed E-state index contributed by atoms with van der Waals surface area (Å²) in [5, 5.41) is 5.93. The molecule has 2 unspecified atom stereocenters. The van der Waals surface area contributed by atoms with Gasteiger partial charge in [-0.05, 0) is 19.3 Å². The van der Waals surface area contributed by atoms with Crippen LogP contribution in [0.15, 0.2) is 12.7 Å².